The zero-order valence-corrected chi connectivity index (χ0v) is 20.2. The second-order valence-corrected chi connectivity index (χ2v) is 9.30. The molecule has 2 saturated heterocycles. The van der Waals surface area contributed by atoms with Crippen molar-refractivity contribution < 1.29 is 23.9 Å². The molecule has 36 heavy (non-hydrogen) atoms. The van der Waals surface area contributed by atoms with Crippen LogP contribution in [0.15, 0.2) is 42.7 Å². The molecule has 3 aliphatic rings. The molecule has 5 heterocycles. The van der Waals surface area contributed by atoms with Gasteiger partial charge in [0.2, 0.25) is 17.7 Å². The Morgan fingerprint density at radius 2 is 2.00 bits per heavy atom. The number of piperazine rings is 1. The summed E-state index contributed by atoms with van der Waals surface area (Å²) in [7, 11) is 1.48. The lowest BCUT2D eigenvalue weighted by molar-refractivity contribution is -0.148. The Morgan fingerprint density at radius 1 is 1.14 bits per heavy atom. The van der Waals surface area contributed by atoms with Crippen LogP contribution in [-0.4, -0.2) is 107 Å². The number of hydrogen-bond donors (Lipinski definition) is 1. The molecule has 0 saturated carbocycles. The number of carbonyl (C=O) groups is 3. The molecule has 2 bridgehead atoms. The Balaban J connectivity index is 1.46. The molecule has 11 nitrogen and oxygen atoms in total. The van der Waals surface area contributed by atoms with Crippen molar-refractivity contribution in [3.8, 4) is 5.88 Å². The summed E-state index contributed by atoms with van der Waals surface area (Å²) in [5.74, 6) is -0.238. The van der Waals surface area contributed by atoms with E-state index in [9.17, 15) is 14.4 Å². The van der Waals surface area contributed by atoms with Gasteiger partial charge >= 0.3 is 0 Å². The zero-order chi connectivity index (χ0) is 25.1. The molecule has 190 valence electrons. The highest BCUT2D eigenvalue weighted by Crippen LogP contribution is 2.26. The number of pyridine rings is 2. The molecular weight excluding hydrogens is 464 g/mol. The van der Waals surface area contributed by atoms with Crippen molar-refractivity contribution in [1.82, 2.24) is 30.0 Å². The normalized spacial score (nSPS) is 24.6. The van der Waals surface area contributed by atoms with E-state index in [1.807, 2.05) is 23.1 Å². The largest absolute Gasteiger partial charge is 0.475 e. The third-order valence-corrected chi connectivity index (χ3v) is 6.93. The van der Waals surface area contributed by atoms with Gasteiger partial charge in [-0.2, -0.15) is 0 Å². The Labute approximate surface area is 209 Å². The van der Waals surface area contributed by atoms with Gasteiger partial charge in [-0.25, -0.2) is 4.98 Å². The van der Waals surface area contributed by atoms with Crippen LogP contribution in [0.25, 0.3) is 0 Å². The topological polar surface area (TPSA) is 117 Å². The van der Waals surface area contributed by atoms with Crippen LogP contribution < -0.4 is 10.1 Å². The summed E-state index contributed by atoms with van der Waals surface area (Å²) >= 11 is 0. The highest BCUT2D eigenvalue weighted by atomic mass is 16.5. The van der Waals surface area contributed by atoms with Crippen LogP contribution in [0.2, 0.25) is 0 Å². The summed E-state index contributed by atoms with van der Waals surface area (Å²) in [4.78, 5) is 53.9. The van der Waals surface area contributed by atoms with E-state index in [4.69, 9.17) is 9.47 Å². The number of rotatable bonds is 4. The summed E-state index contributed by atoms with van der Waals surface area (Å²) < 4.78 is 11.0. The first-order chi connectivity index (χ1) is 17.5. The van der Waals surface area contributed by atoms with Gasteiger partial charge in [0.15, 0.2) is 0 Å². The van der Waals surface area contributed by atoms with E-state index >= 15 is 0 Å². The van der Waals surface area contributed by atoms with E-state index in [2.05, 4.69) is 20.2 Å². The molecule has 1 N–H and O–H groups in total. The minimum Gasteiger partial charge on any atom is -0.475 e. The first-order valence-electron chi connectivity index (χ1n) is 12.1. The molecule has 2 fully saturated rings. The predicted octanol–water partition coefficient (Wildman–Crippen LogP) is -0.0723. The maximum Gasteiger partial charge on any atom is 0.257 e. The summed E-state index contributed by atoms with van der Waals surface area (Å²) in [6, 6.07) is 8.05. The summed E-state index contributed by atoms with van der Waals surface area (Å²) in [5.41, 5.74) is 1.20. The molecule has 2 aromatic rings. The van der Waals surface area contributed by atoms with Crippen LogP contribution in [0.1, 0.15) is 22.5 Å². The van der Waals surface area contributed by atoms with Crippen LogP contribution in [0.3, 0.4) is 0 Å². The molecule has 0 aliphatic carbocycles. The molecule has 0 unspecified atom stereocenters. The number of ether oxygens (including phenoxy) is 2. The van der Waals surface area contributed by atoms with E-state index in [-0.39, 0.29) is 48.9 Å². The van der Waals surface area contributed by atoms with E-state index in [1.165, 1.54) is 7.11 Å². The van der Waals surface area contributed by atoms with Gasteiger partial charge in [0.1, 0.15) is 18.8 Å². The fourth-order valence-electron chi connectivity index (χ4n) is 5.18. The van der Waals surface area contributed by atoms with E-state index in [0.717, 1.165) is 5.69 Å². The fraction of sp³-hybridized carbons (Fsp3) is 0.480. The molecule has 2 aromatic heterocycles. The number of carbonyl (C=O) groups excluding carboxylic acids is 3. The highest BCUT2D eigenvalue weighted by Gasteiger charge is 2.43. The van der Waals surface area contributed by atoms with Gasteiger partial charge in [0.05, 0.1) is 17.8 Å². The number of aromatic nitrogens is 2. The van der Waals surface area contributed by atoms with Crippen molar-refractivity contribution in [3.05, 3.63) is 54.0 Å². The minimum absolute atomic E-state index is 0.0196. The first kappa shape index (κ1) is 24.1. The molecular formula is C25H30N6O5. The maximum atomic E-state index is 13.9. The van der Waals surface area contributed by atoms with Gasteiger partial charge in [-0.1, -0.05) is 6.07 Å². The van der Waals surface area contributed by atoms with Crippen LogP contribution in [0.5, 0.6) is 5.88 Å². The monoisotopic (exact) mass is 494 g/mol. The van der Waals surface area contributed by atoms with Gasteiger partial charge in [-0.05, 0) is 30.7 Å². The smallest absolute Gasteiger partial charge is 0.257 e. The molecule has 11 heteroatoms. The fourth-order valence-corrected chi connectivity index (χ4v) is 5.18. The average Bonchev–Trinajstić information content (AvgIpc) is 3.29. The van der Waals surface area contributed by atoms with Crippen LogP contribution in [-0.2, 0) is 20.9 Å². The van der Waals surface area contributed by atoms with Gasteiger partial charge in [0.25, 0.3) is 5.91 Å². The number of amides is 3. The van der Waals surface area contributed by atoms with E-state index < -0.39 is 6.04 Å². The Morgan fingerprint density at radius 3 is 2.81 bits per heavy atom. The van der Waals surface area contributed by atoms with Gasteiger partial charge < -0.3 is 24.6 Å². The van der Waals surface area contributed by atoms with E-state index in [1.54, 1.807) is 29.4 Å². The molecule has 0 radical (unpaired) electrons. The molecule has 3 amide bonds. The lowest BCUT2D eigenvalue weighted by atomic mass is 10.1. The van der Waals surface area contributed by atoms with Crippen LogP contribution in [0, 0.1) is 0 Å². The van der Waals surface area contributed by atoms with Crippen molar-refractivity contribution >= 4 is 17.7 Å². The van der Waals surface area contributed by atoms with Gasteiger partial charge in [0, 0.05) is 58.3 Å². The Kier molecular flexibility index (Phi) is 7.10. The Hall–Kier alpha value is -3.57. The third kappa shape index (κ3) is 5.02. The predicted molar refractivity (Wildman–Crippen MR) is 128 cm³/mol. The van der Waals surface area contributed by atoms with Crippen LogP contribution in [0.4, 0.5) is 0 Å². The third-order valence-electron chi connectivity index (χ3n) is 6.93. The summed E-state index contributed by atoms with van der Waals surface area (Å²) in [5, 5.41) is 3.07. The number of methoxy groups -OCH3 is 1. The lowest BCUT2D eigenvalue weighted by Gasteiger charge is -2.43. The van der Waals surface area contributed by atoms with Gasteiger partial charge in [-0.15, -0.1) is 0 Å². The summed E-state index contributed by atoms with van der Waals surface area (Å²) in [6.45, 7) is 2.24. The molecule has 5 rings (SSSR count). The maximum absolute atomic E-state index is 13.9. The number of hydrogen-bond acceptors (Lipinski definition) is 8. The summed E-state index contributed by atoms with van der Waals surface area (Å²) in [6.07, 6.45) is 3.79. The second-order valence-electron chi connectivity index (χ2n) is 9.30. The molecule has 3 atom stereocenters. The Bertz CT molecular complexity index is 1120. The van der Waals surface area contributed by atoms with Crippen molar-refractivity contribution in [2.75, 3.05) is 46.5 Å². The second kappa shape index (κ2) is 10.6. The number of nitrogens with zero attached hydrogens (tertiary/aromatic N) is 5. The average molecular weight is 495 g/mol. The lowest BCUT2D eigenvalue weighted by Crippen LogP contribution is -2.61. The SMILES string of the molecule is COCC(=O)N1CCN2C(=O)[C@@H]3C[C@@H](CN3Cc3ccccn3)NC(=O)c3cccnc3OC[C@@H]2C1. The van der Waals surface area contributed by atoms with Gasteiger partial charge in [-0.3, -0.25) is 24.3 Å². The number of likely N-dealkylation sites (tertiary alicyclic amines) is 1. The first-order valence-corrected chi connectivity index (χ1v) is 12.1. The number of nitrogens with one attached hydrogen (secondary N) is 1. The van der Waals surface area contributed by atoms with E-state index in [0.29, 0.717) is 44.7 Å². The number of fused-ring (bicyclic) bond motifs is 4. The molecule has 0 spiro atoms. The van der Waals surface area contributed by atoms with Crippen molar-refractivity contribution in [1.29, 1.82) is 0 Å². The van der Waals surface area contributed by atoms with Crippen molar-refractivity contribution in [3.63, 3.8) is 0 Å². The highest BCUT2D eigenvalue weighted by molar-refractivity contribution is 5.96. The zero-order valence-electron chi connectivity index (χ0n) is 20.2. The molecule has 3 aliphatic heterocycles. The van der Waals surface area contributed by atoms with Crippen LogP contribution >= 0.6 is 0 Å². The standard InChI is InChI=1S/C25H30N6O5/c1-35-16-22(32)29-9-10-31-19(14-29)15-36-24-20(6-4-8-27-24)23(33)28-18-11-21(25(31)34)30(13-18)12-17-5-2-3-7-26-17/h2-8,18-19,21H,9-16H2,1H3,(H,28,33)/t18-,19-,21-/m0/s1. The molecule has 0 aromatic carbocycles. The quantitative estimate of drug-likeness (QED) is 0.628. The minimum atomic E-state index is -0.422. The van der Waals surface area contributed by atoms with Crippen molar-refractivity contribution in [2.45, 2.75) is 31.1 Å². The van der Waals surface area contributed by atoms with Crippen molar-refractivity contribution in [2.24, 2.45) is 0 Å².